The Morgan fingerprint density at radius 3 is 2.31 bits per heavy atom. The van der Waals surface area contributed by atoms with Gasteiger partial charge in [-0.3, -0.25) is 23.9 Å². The van der Waals surface area contributed by atoms with E-state index in [1.54, 1.807) is 37.8 Å². The van der Waals surface area contributed by atoms with Crippen molar-refractivity contribution in [2.75, 3.05) is 0 Å². The molecule has 4 fully saturated rings. The summed E-state index contributed by atoms with van der Waals surface area (Å²) < 4.78 is 7.74. The zero-order valence-corrected chi connectivity index (χ0v) is 31.5. The number of allylic oxidation sites excluding steroid dienone is 1. The molecule has 1 heterocycles. The van der Waals surface area contributed by atoms with Crippen molar-refractivity contribution in [3.8, 4) is 0 Å². The predicted octanol–water partition coefficient (Wildman–Crippen LogP) is 7.30. The van der Waals surface area contributed by atoms with Crippen molar-refractivity contribution < 1.29 is 29.0 Å². The maximum Gasteiger partial charge on any atom is 0.309 e. The van der Waals surface area contributed by atoms with Gasteiger partial charge in [-0.2, -0.15) is 5.10 Å². The number of fused-ring (bicyclic) bond motifs is 7. The molecule has 5 aliphatic carbocycles. The van der Waals surface area contributed by atoms with Crippen LogP contribution in [0.5, 0.6) is 0 Å². The molecule has 0 unspecified atom stereocenters. The first-order valence-corrected chi connectivity index (χ1v) is 18.7. The standard InChI is InChI=1S/C40H59N3O6/c1-23(2)31-26(44)21-40(42-33(46)25-15-20-41-43(25)10)19-18-38(8)24(32(31)40)11-12-28-37(7)16-14-29(49-30(45)22-35(3,4)34(47)48)36(5,6)27(37)13-17-39(28,38)9/h15,20,23-24,27-29H,11-14,16-19,21-22H2,1-10H3,(H,42,46)(H,47,48)/t24-,27+,28-,29+,37+,38-,39-,40-/m1/s1. The number of ether oxygens (including phenoxy) is 1. The van der Waals surface area contributed by atoms with Crippen LogP contribution in [0.25, 0.3) is 0 Å². The molecule has 6 rings (SSSR count). The van der Waals surface area contributed by atoms with Crippen molar-refractivity contribution in [1.82, 2.24) is 15.1 Å². The van der Waals surface area contributed by atoms with E-state index in [0.29, 0.717) is 24.0 Å². The number of Topliss-reactive ketones (excluding diaryl/α,β-unsaturated/α-hetero) is 1. The highest BCUT2D eigenvalue weighted by atomic mass is 16.5. The fourth-order valence-electron chi connectivity index (χ4n) is 12.5. The molecule has 2 N–H and O–H groups in total. The smallest absolute Gasteiger partial charge is 0.309 e. The van der Waals surface area contributed by atoms with Gasteiger partial charge in [-0.15, -0.1) is 0 Å². The molecular formula is C40H59N3O6. The summed E-state index contributed by atoms with van der Waals surface area (Å²) in [4.78, 5) is 52.4. The summed E-state index contributed by atoms with van der Waals surface area (Å²) in [6.07, 6.45) is 9.16. The molecule has 4 saturated carbocycles. The van der Waals surface area contributed by atoms with Gasteiger partial charge in [-0.25, -0.2) is 0 Å². The zero-order chi connectivity index (χ0) is 36.1. The average Bonchev–Trinajstić information content (AvgIpc) is 3.54. The number of carboxylic acids is 1. The molecule has 8 atom stereocenters. The quantitative estimate of drug-likeness (QED) is 0.290. The van der Waals surface area contributed by atoms with E-state index in [1.807, 2.05) is 0 Å². The van der Waals surface area contributed by atoms with Crippen molar-refractivity contribution >= 4 is 23.6 Å². The fourth-order valence-corrected chi connectivity index (χ4v) is 12.5. The molecule has 0 bridgehead atoms. The third kappa shape index (κ3) is 5.17. The first-order chi connectivity index (χ1) is 22.6. The summed E-state index contributed by atoms with van der Waals surface area (Å²) >= 11 is 0. The van der Waals surface area contributed by atoms with Crippen molar-refractivity contribution in [3.63, 3.8) is 0 Å². The van der Waals surface area contributed by atoms with Crippen LogP contribution in [-0.4, -0.2) is 50.2 Å². The van der Waals surface area contributed by atoms with E-state index >= 15 is 0 Å². The minimum atomic E-state index is -1.17. The lowest BCUT2D eigenvalue weighted by Crippen LogP contribution is -2.67. The van der Waals surface area contributed by atoms with Gasteiger partial charge in [0.2, 0.25) is 0 Å². The normalized spacial score (nSPS) is 38.3. The van der Waals surface area contributed by atoms with E-state index in [4.69, 9.17) is 4.74 Å². The maximum atomic E-state index is 13.9. The third-order valence-corrected chi connectivity index (χ3v) is 15.2. The summed E-state index contributed by atoms with van der Waals surface area (Å²) in [5.74, 6) is -0.286. The largest absolute Gasteiger partial charge is 0.481 e. The lowest BCUT2D eigenvalue weighted by Gasteiger charge is -2.72. The molecule has 9 nitrogen and oxygen atoms in total. The lowest BCUT2D eigenvalue weighted by atomic mass is 9.33. The molecule has 49 heavy (non-hydrogen) atoms. The first-order valence-electron chi connectivity index (χ1n) is 18.7. The van der Waals surface area contributed by atoms with Gasteiger partial charge in [-0.1, -0.05) is 48.5 Å². The predicted molar refractivity (Wildman–Crippen MR) is 186 cm³/mol. The van der Waals surface area contributed by atoms with Gasteiger partial charge in [0.05, 0.1) is 17.4 Å². The van der Waals surface area contributed by atoms with E-state index in [-0.39, 0.29) is 57.7 Å². The van der Waals surface area contributed by atoms with Crippen LogP contribution in [0.4, 0.5) is 0 Å². The van der Waals surface area contributed by atoms with E-state index in [9.17, 15) is 24.3 Å². The maximum absolute atomic E-state index is 13.9. The van der Waals surface area contributed by atoms with Crippen LogP contribution in [0.1, 0.15) is 137 Å². The number of aliphatic carboxylic acids is 1. The van der Waals surface area contributed by atoms with Crippen molar-refractivity contribution in [1.29, 1.82) is 0 Å². The second kappa shape index (κ2) is 11.5. The number of hydrogen-bond acceptors (Lipinski definition) is 6. The van der Waals surface area contributed by atoms with Crippen LogP contribution in [0.2, 0.25) is 0 Å². The van der Waals surface area contributed by atoms with Crippen molar-refractivity contribution in [2.24, 2.45) is 57.8 Å². The summed E-state index contributed by atoms with van der Waals surface area (Å²) in [6, 6.07) is 1.74. The number of carboxylic acid groups (broad SMARTS) is 1. The van der Waals surface area contributed by atoms with Crippen LogP contribution in [0.3, 0.4) is 0 Å². The molecule has 9 heteroatoms. The van der Waals surface area contributed by atoms with Gasteiger partial charge in [0.25, 0.3) is 5.91 Å². The summed E-state index contributed by atoms with van der Waals surface area (Å²) in [5.41, 5.74) is 0.621. The van der Waals surface area contributed by atoms with Crippen LogP contribution >= 0.6 is 0 Å². The first kappa shape index (κ1) is 35.8. The molecule has 0 spiro atoms. The fraction of sp³-hybridized carbons (Fsp3) is 0.775. The minimum absolute atomic E-state index is 0.0329. The lowest BCUT2D eigenvalue weighted by molar-refractivity contribution is -0.232. The number of aromatic nitrogens is 2. The van der Waals surface area contributed by atoms with E-state index < -0.39 is 22.9 Å². The monoisotopic (exact) mass is 677 g/mol. The number of esters is 1. The van der Waals surface area contributed by atoms with Gasteiger partial charge >= 0.3 is 11.9 Å². The third-order valence-electron chi connectivity index (χ3n) is 15.2. The van der Waals surface area contributed by atoms with E-state index in [1.165, 1.54) is 5.57 Å². The molecule has 1 amide bonds. The Morgan fingerprint density at radius 1 is 1.00 bits per heavy atom. The number of ketones is 1. The average molecular weight is 678 g/mol. The Hall–Kier alpha value is -2.97. The second-order valence-electron chi connectivity index (χ2n) is 18.8. The van der Waals surface area contributed by atoms with E-state index in [0.717, 1.165) is 56.9 Å². The van der Waals surface area contributed by atoms with Crippen LogP contribution in [-0.2, 0) is 26.2 Å². The Morgan fingerprint density at radius 2 is 1.69 bits per heavy atom. The number of carbonyl (C=O) groups is 4. The van der Waals surface area contributed by atoms with Gasteiger partial charge < -0.3 is 15.2 Å². The Balaban J connectivity index is 1.30. The molecule has 5 aliphatic rings. The highest BCUT2D eigenvalue weighted by Gasteiger charge is 2.70. The minimum Gasteiger partial charge on any atom is -0.481 e. The van der Waals surface area contributed by atoms with Gasteiger partial charge in [0.1, 0.15) is 11.8 Å². The molecular weight excluding hydrogens is 618 g/mol. The van der Waals surface area contributed by atoms with Crippen LogP contribution < -0.4 is 5.32 Å². The van der Waals surface area contributed by atoms with Crippen LogP contribution in [0, 0.1) is 50.7 Å². The number of nitrogens with zero attached hydrogens (tertiary/aromatic N) is 2. The molecule has 0 saturated heterocycles. The number of hydrogen-bond donors (Lipinski definition) is 2. The Bertz CT molecular complexity index is 1600. The van der Waals surface area contributed by atoms with Crippen LogP contribution in [0.15, 0.2) is 23.4 Å². The zero-order valence-electron chi connectivity index (χ0n) is 31.5. The number of carbonyl (C=O) groups excluding carboxylic acids is 3. The SMILES string of the molecule is CC(C)C1=C2[C@H]3CC[C@@H]4[C@@]5(C)CC[C@H](OC(=O)CC(C)(C)C(=O)O)C(C)(C)[C@@H]5CC[C@@]4(C)[C@]3(C)CC[C@@]2(NC(=O)c2ccnn2C)CC1=O. The highest BCUT2D eigenvalue weighted by Crippen LogP contribution is 2.76. The number of rotatable bonds is 7. The van der Waals surface area contributed by atoms with Gasteiger partial charge in [-0.05, 0) is 122 Å². The highest BCUT2D eigenvalue weighted by molar-refractivity contribution is 6.03. The molecule has 270 valence electrons. The Labute approximate surface area is 292 Å². The molecule has 1 aromatic rings. The summed E-state index contributed by atoms with van der Waals surface area (Å²) in [5, 5.41) is 17.2. The molecule has 0 aliphatic heterocycles. The second-order valence-corrected chi connectivity index (χ2v) is 18.8. The molecule has 1 aromatic heterocycles. The van der Waals surface area contributed by atoms with Gasteiger partial charge in [0, 0.05) is 25.1 Å². The molecule has 0 radical (unpaired) electrons. The van der Waals surface area contributed by atoms with Gasteiger partial charge in [0.15, 0.2) is 5.78 Å². The Kier molecular flexibility index (Phi) is 8.43. The number of nitrogens with one attached hydrogen (secondary N) is 1. The summed E-state index contributed by atoms with van der Waals surface area (Å²) in [7, 11) is 1.78. The number of aryl methyl sites for hydroxylation is 1. The van der Waals surface area contributed by atoms with Crippen molar-refractivity contribution in [3.05, 3.63) is 29.1 Å². The topological polar surface area (TPSA) is 128 Å². The number of amides is 1. The van der Waals surface area contributed by atoms with Crippen molar-refractivity contribution in [2.45, 2.75) is 138 Å². The van der Waals surface area contributed by atoms with E-state index in [2.05, 4.69) is 58.9 Å². The molecule has 0 aromatic carbocycles. The summed E-state index contributed by atoms with van der Waals surface area (Å²) in [6.45, 7) is 19.4.